The Morgan fingerprint density at radius 1 is 0.531 bits per heavy atom. The molecule has 4 N–H and O–H groups in total. The van der Waals surface area contributed by atoms with Gasteiger partial charge in [-0.1, -0.05) is 12.8 Å². The molecule has 0 bridgehead atoms. The van der Waals surface area contributed by atoms with Crippen molar-refractivity contribution in [3.63, 3.8) is 0 Å². The zero-order chi connectivity index (χ0) is 37.1. The van der Waals surface area contributed by atoms with Gasteiger partial charge in [-0.3, -0.25) is 24.0 Å². The van der Waals surface area contributed by atoms with Gasteiger partial charge in [0.05, 0.1) is 0 Å². The first kappa shape index (κ1) is 45.7. The molecule has 0 heterocycles. The second-order valence-electron chi connectivity index (χ2n) is 13.9. The SMILES string of the molecule is CC(C)(C)OC(=O)CCCCCCC(=O)NCCCOCCCCOCCCNC(=O)CCC(=O)NC(CCC(=O)OC(C)(C)C)C(=O)O. The fourth-order valence-corrected chi connectivity index (χ4v) is 4.30. The number of carboxylic acid groups (broad SMARTS) is 1. The summed E-state index contributed by atoms with van der Waals surface area (Å²) < 4.78 is 21.6. The summed E-state index contributed by atoms with van der Waals surface area (Å²) in [7, 11) is 0. The molecule has 0 radical (unpaired) electrons. The minimum absolute atomic E-state index is 0.0344. The zero-order valence-electron chi connectivity index (χ0n) is 30.7. The molecule has 3 amide bonds. The van der Waals surface area contributed by atoms with Crippen LogP contribution in [0.2, 0.25) is 0 Å². The van der Waals surface area contributed by atoms with Crippen LogP contribution >= 0.6 is 0 Å². The van der Waals surface area contributed by atoms with Gasteiger partial charge >= 0.3 is 17.9 Å². The fourth-order valence-electron chi connectivity index (χ4n) is 4.30. The largest absolute Gasteiger partial charge is 0.480 e. The number of ether oxygens (including phenoxy) is 4. The maximum atomic E-state index is 12.1. The van der Waals surface area contributed by atoms with Crippen molar-refractivity contribution >= 4 is 35.6 Å². The maximum Gasteiger partial charge on any atom is 0.326 e. The zero-order valence-corrected chi connectivity index (χ0v) is 30.7. The van der Waals surface area contributed by atoms with Gasteiger partial charge in [-0.05, 0) is 86.5 Å². The van der Waals surface area contributed by atoms with Crippen LogP contribution in [-0.2, 0) is 47.7 Å². The van der Waals surface area contributed by atoms with E-state index in [9.17, 15) is 33.9 Å². The molecule has 0 aliphatic heterocycles. The van der Waals surface area contributed by atoms with Gasteiger partial charge in [0.15, 0.2) is 0 Å². The quantitative estimate of drug-likeness (QED) is 0.0681. The number of hydrogen-bond donors (Lipinski definition) is 4. The van der Waals surface area contributed by atoms with Crippen molar-refractivity contribution in [3.05, 3.63) is 0 Å². The highest BCUT2D eigenvalue weighted by molar-refractivity contribution is 5.87. The summed E-state index contributed by atoms with van der Waals surface area (Å²) in [6.45, 7) is 13.9. The number of carbonyl (C=O) groups excluding carboxylic acids is 5. The minimum Gasteiger partial charge on any atom is -0.480 e. The number of esters is 2. The van der Waals surface area contributed by atoms with E-state index >= 15 is 0 Å². The Hall–Kier alpha value is -3.26. The number of aliphatic carboxylic acids is 1. The molecular weight excluding hydrogens is 638 g/mol. The minimum atomic E-state index is -1.26. The van der Waals surface area contributed by atoms with E-state index in [2.05, 4.69) is 16.0 Å². The highest BCUT2D eigenvalue weighted by atomic mass is 16.6. The van der Waals surface area contributed by atoms with Crippen molar-refractivity contribution in [1.82, 2.24) is 16.0 Å². The Bertz CT molecular complexity index is 990. The molecule has 1 atom stereocenters. The van der Waals surface area contributed by atoms with E-state index < -0.39 is 35.1 Å². The molecule has 284 valence electrons. The third-order valence-electron chi connectivity index (χ3n) is 6.63. The summed E-state index contributed by atoms with van der Waals surface area (Å²) in [6.07, 6.45) is 6.79. The smallest absolute Gasteiger partial charge is 0.326 e. The molecule has 14 heteroatoms. The Morgan fingerprint density at radius 3 is 1.45 bits per heavy atom. The van der Waals surface area contributed by atoms with Gasteiger partial charge in [-0.15, -0.1) is 0 Å². The molecule has 0 saturated carbocycles. The van der Waals surface area contributed by atoms with Gasteiger partial charge in [0.2, 0.25) is 17.7 Å². The van der Waals surface area contributed by atoms with Crippen molar-refractivity contribution in [3.8, 4) is 0 Å². The Balaban J connectivity index is 3.63. The molecule has 0 aromatic carbocycles. The number of carbonyl (C=O) groups is 6. The molecule has 0 saturated heterocycles. The van der Waals surface area contributed by atoms with Crippen LogP contribution < -0.4 is 16.0 Å². The lowest BCUT2D eigenvalue weighted by molar-refractivity contribution is -0.156. The van der Waals surface area contributed by atoms with E-state index in [1.54, 1.807) is 20.8 Å². The second kappa shape index (κ2) is 26.6. The van der Waals surface area contributed by atoms with Crippen LogP contribution in [0, 0.1) is 0 Å². The average Bonchev–Trinajstić information content (AvgIpc) is 2.98. The van der Waals surface area contributed by atoms with Gasteiger partial charge in [0.25, 0.3) is 0 Å². The number of nitrogens with one attached hydrogen (secondary N) is 3. The summed E-state index contributed by atoms with van der Waals surface area (Å²) >= 11 is 0. The van der Waals surface area contributed by atoms with E-state index in [-0.39, 0.29) is 43.5 Å². The van der Waals surface area contributed by atoms with Crippen molar-refractivity contribution in [2.24, 2.45) is 0 Å². The second-order valence-corrected chi connectivity index (χ2v) is 13.9. The van der Waals surface area contributed by atoms with Crippen LogP contribution in [0.4, 0.5) is 0 Å². The summed E-state index contributed by atoms with van der Waals surface area (Å²) in [5.74, 6) is -2.86. The molecule has 0 aliphatic rings. The predicted molar refractivity (Wildman–Crippen MR) is 184 cm³/mol. The van der Waals surface area contributed by atoms with Crippen LogP contribution in [0.15, 0.2) is 0 Å². The number of unbranched alkanes of at least 4 members (excludes halogenated alkanes) is 4. The average molecular weight is 702 g/mol. The summed E-state index contributed by atoms with van der Waals surface area (Å²) in [5.41, 5.74) is -1.14. The molecule has 0 aliphatic carbocycles. The maximum absolute atomic E-state index is 12.1. The summed E-state index contributed by atoms with van der Waals surface area (Å²) in [5, 5.41) is 17.3. The van der Waals surface area contributed by atoms with Crippen LogP contribution in [0.5, 0.6) is 0 Å². The number of amides is 3. The molecule has 0 aromatic rings. The van der Waals surface area contributed by atoms with Gasteiger partial charge < -0.3 is 40.0 Å². The number of rotatable bonds is 28. The summed E-state index contributed by atoms with van der Waals surface area (Å²) in [6, 6.07) is -1.25. The van der Waals surface area contributed by atoms with Crippen molar-refractivity contribution in [2.75, 3.05) is 39.5 Å². The highest BCUT2D eigenvalue weighted by Crippen LogP contribution is 2.12. The van der Waals surface area contributed by atoms with E-state index in [1.165, 1.54) is 0 Å². The first-order valence-electron chi connectivity index (χ1n) is 17.6. The monoisotopic (exact) mass is 701 g/mol. The fraction of sp³-hybridized carbons (Fsp3) is 0.829. The summed E-state index contributed by atoms with van der Waals surface area (Å²) in [4.78, 5) is 71.0. The van der Waals surface area contributed by atoms with Gasteiger partial charge in [0.1, 0.15) is 17.2 Å². The third-order valence-corrected chi connectivity index (χ3v) is 6.63. The molecule has 1 unspecified atom stereocenters. The first-order chi connectivity index (χ1) is 23.0. The molecule has 0 rings (SSSR count). The van der Waals surface area contributed by atoms with E-state index in [0.29, 0.717) is 58.8 Å². The molecule has 49 heavy (non-hydrogen) atoms. The van der Waals surface area contributed by atoms with Crippen LogP contribution in [-0.4, -0.2) is 97.5 Å². The van der Waals surface area contributed by atoms with Gasteiger partial charge in [0, 0.05) is 71.6 Å². The van der Waals surface area contributed by atoms with Crippen molar-refractivity contribution < 1.29 is 52.8 Å². The van der Waals surface area contributed by atoms with E-state index in [4.69, 9.17) is 18.9 Å². The number of carboxylic acids is 1. The Morgan fingerprint density at radius 2 is 0.959 bits per heavy atom. The van der Waals surface area contributed by atoms with Crippen LogP contribution in [0.1, 0.15) is 131 Å². The predicted octanol–water partition coefficient (Wildman–Crippen LogP) is 3.97. The third kappa shape index (κ3) is 31.7. The Labute approximate surface area is 292 Å². The van der Waals surface area contributed by atoms with Crippen LogP contribution in [0.3, 0.4) is 0 Å². The van der Waals surface area contributed by atoms with Crippen LogP contribution in [0.25, 0.3) is 0 Å². The van der Waals surface area contributed by atoms with Gasteiger partial charge in [-0.2, -0.15) is 0 Å². The molecule has 14 nitrogen and oxygen atoms in total. The van der Waals surface area contributed by atoms with Crippen molar-refractivity contribution in [2.45, 2.75) is 149 Å². The lowest BCUT2D eigenvalue weighted by atomic mass is 10.1. The standard InChI is InChI=1S/C35H63N3O11/c1-34(2,3)48-31(42)16-10-8-7-9-15-28(39)36-21-13-25-46-23-11-12-24-47-26-14-22-37-29(40)18-19-30(41)38-27(33(44)45)17-20-32(43)49-35(4,5)6/h27H,7-26H2,1-6H3,(H,36,39)(H,37,40)(H,38,41)(H,44,45). The lowest BCUT2D eigenvalue weighted by Crippen LogP contribution is -2.41. The number of hydrogen-bond acceptors (Lipinski definition) is 10. The molecule has 0 fully saturated rings. The molecule has 0 spiro atoms. The van der Waals surface area contributed by atoms with E-state index in [1.807, 2.05) is 20.8 Å². The lowest BCUT2D eigenvalue weighted by Gasteiger charge is -2.20. The van der Waals surface area contributed by atoms with Gasteiger partial charge in [-0.25, -0.2) is 4.79 Å². The first-order valence-corrected chi connectivity index (χ1v) is 17.6. The topological polar surface area (TPSA) is 196 Å². The highest BCUT2D eigenvalue weighted by Gasteiger charge is 2.23. The molecule has 0 aromatic heterocycles. The Kier molecular flexibility index (Phi) is 24.8. The molecular formula is C35H63N3O11. The van der Waals surface area contributed by atoms with Crippen molar-refractivity contribution in [1.29, 1.82) is 0 Å². The normalized spacial score (nSPS) is 12.1. The van der Waals surface area contributed by atoms with E-state index in [0.717, 1.165) is 44.9 Å².